The molecular weight excluding hydrogens is 378 g/mol. The largest absolute Gasteiger partial charge is 0.609 e. The van der Waals surface area contributed by atoms with Gasteiger partial charge < -0.3 is 14.4 Å². The highest BCUT2D eigenvalue weighted by molar-refractivity contribution is 7.90. The van der Waals surface area contributed by atoms with E-state index in [0.717, 1.165) is 28.0 Å². The van der Waals surface area contributed by atoms with Crippen LogP contribution < -0.4 is 4.74 Å². The van der Waals surface area contributed by atoms with E-state index in [9.17, 15) is 14.5 Å². The maximum Gasteiger partial charge on any atom is 0.322 e. The molecule has 0 aliphatic heterocycles. The third kappa shape index (κ3) is 3.02. The van der Waals surface area contributed by atoms with Gasteiger partial charge in [0.2, 0.25) is 0 Å². The van der Waals surface area contributed by atoms with Gasteiger partial charge in [0.25, 0.3) is 0 Å². The Bertz CT molecular complexity index is 1070. The molecule has 1 unspecified atom stereocenters. The van der Waals surface area contributed by atoms with E-state index in [1.165, 1.54) is 0 Å². The number of aliphatic carboxylic acids is 1. The maximum absolute atomic E-state index is 12.9. The average Bonchev–Trinajstić information content (AvgIpc) is 3.37. The van der Waals surface area contributed by atoms with Gasteiger partial charge in [-0.1, -0.05) is 6.07 Å². The molecule has 2 aromatic heterocycles. The zero-order valence-corrected chi connectivity index (χ0v) is 16.7. The zero-order chi connectivity index (χ0) is 20.1. The lowest BCUT2D eigenvalue weighted by Gasteiger charge is -2.13. The Labute approximate surface area is 165 Å². The van der Waals surface area contributed by atoms with Crippen LogP contribution in [0.15, 0.2) is 29.6 Å². The first-order valence-corrected chi connectivity index (χ1v) is 10.3. The summed E-state index contributed by atoms with van der Waals surface area (Å²) in [6, 6.07) is 5.40. The highest BCUT2D eigenvalue weighted by Crippen LogP contribution is 2.48. The van der Waals surface area contributed by atoms with E-state index < -0.39 is 22.6 Å². The van der Waals surface area contributed by atoms with Gasteiger partial charge in [0.05, 0.1) is 29.3 Å². The average molecular weight is 399 g/mol. The first kappa shape index (κ1) is 18.8. The highest BCUT2D eigenvalue weighted by Gasteiger charge is 2.51. The van der Waals surface area contributed by atoms with Crippen LogP contribution in [0, 0.1) is 13.8 Å². The Hall–Kier alpha value is -2.58. The number of aryl methyl sites for hydroxylation is 1. The van der Waals surface area contributed by atoms with Crippen molar-refractivity contribution in [1.82, 2.24) is 15.0 Å². The summed E-state index contributed by atoms with van der Waals surface area (Å²) in [6.45, 7) is 3.82. The molecule has 28 heavy (non-hydrogen) atoms. The quantitative estimate of drug-likeness (QED) is 0.617. The third-order valence-corrected chi connectivity index (χ3v) is 6.57. The number of nitrogens with zero attached hydrogens (tertiary/aromatic N) is 2. The number of carboxylic acid groups (broad SMARTS) is 1. The van der Waals surface area contributed by atoms with Crippen molar-refractivity contribution in [3.63, 3.8) is 0 Å². The summed E-state index contributed by atoms with van der Waals surface area (Å²) in [5.41, 5.74) is 3.82. The molecule has 146 valence electrons. The number of carboxylic acids is 1. The van der Waals surface area contributed by atoms with E-state index in [2.05, 4.69) is 15.0 Å². The number of hydrogen-bond acceptors (Lipinski definition) is 5. The molecule has 1 aliphatic rings. The van der Waals surface area contributed by atoms with Crippen LogP contribution in [0.4, 0.5) is 0 Å². The number of hydrogen-bond donors (Lipinski definition) is 2. The number of fused-ring (bicyclic) bond motifs is 1. The lowest BCUT2D eigenvalue weighted by Crippen LogP contribution is -2.19. The van der Waals surface area contributed by atoms with Crippen LogP contribution in [0.2, 0.25) is 0 Å². The van der Waals surface area contributed by atoms with Crippen molar-refractivity contribution in [3.8, 4) is 5.75 Å². The summed E-state index contributed by atoms with van der Waals surface area (Å²) >= 11 is -1.42. The first-order valence-electron chi connectivity index (χ1n) is 8.97. The smallest absolute Gasteiger partial charge is 0.322 e. The zero-order valence-electron chi connectivity index (χ0n) is 15.9. The SMILES string of the molecule is COc1c(C)cnc(C[S+]([O-])c2nc3cc(C4(C(=O)O)CC4)ccc3[nH]2)c1C. The topological polar surface area (TPSA) is 111 Å². The normalized spacial score (nSPS) is 16.1. The maximum atomic E-state index is 12.9. The van der Waals surface area contributed by atoms with Gasteiger partial charge in [-0.05, 0) is 44.4 Å². The Morgan fingerprint density at radius 1 is 1.39 bits per heavy atom. The van der Waals surface area contributed by atoms with E-state index in [-0.39, 0.29) is 5.75 Å². The molecule has 8 heteroatoms. The Balaban J connectivity index is 1.62. The number of methoxy groups -OCH3 is 1. The van der Waals surface area contributed by atoms with Crippen molar-refractivity contribution in [2.45, 2.75) is 43.0 Å². The van der Waals surface area contributed by atoms with Gasteiger partial charge in [-0.3, -0.25) is 14.8 Å². The number of carbonyl (C=O) groups is 1. The summed E-state index contributed by atoms with van der Waals surface area (Å²) in [6.07, 6.45) is 2.98. The number of rotatable bonds is 6. The molecule has 7 nitrogen and oxygen atoms in total. The van der Waals surface area contributed by atoms with Crippen molar-refractivity contribution in [2.75, 3.05) is 7.11 Å². The second-order valence-corrected chi connectivity index (χ2v) is 8.56. The minimum absolute atomic E-state index is 0.216. The van der Waals surface area contributed by atoms with Gasteiger partial charge >= 0.3 is 11.1 Å². The van der Waals surface area contributed by atoms with Gasteiger partial charge in [-0.2, -0.15) is 4.98 Å². The first-order chi connectivity index (χ1) is 13.4. The van der Waals surface area contributed by atoms with E-state index in [4.69, 9.17) is 4.74 Å². The van der Waals surface area contributed by atoms with Crippen LogP contribution in [-0.4, -0.2) is 37.7 Å². The number of aromatic nitrogens is 3. The van der Waals surface area contributed by atoms with Crippen LogP contribution in [0.25, 0.3) is 11.0 Å². The Morgan fingerprint density at radius 2 is 2.14 bits per heavy atom. The number of nitrogens with one attached hydrogen (secondary N) is 1. The lowest BCUT2D eigenvalue weighted by atomic mass is 9.96. The number of ether oxygens (including phenoxy) is 1. The molecular formula is C20H21N3O4S. The molecule has 2 heterocycles. The van der Waals surface area contributed by atoms with Gasteiger partial charge in [0.1, 0.15) is 5.75 Å². The molecule has 0 bridgehead atoms. The fraction of sp³-hybridized carbons (Fsp3) is 0.350. The van der Waals surface area contributed by atoms with Crippen LogP contribution in [0.5, 0.6) is 5.75 Å². The Morgan fingerprint density at radius 3 is 2.79 bits per heavy atom. The molecule has 0 spiro atoms. The lowest BCUT2D eigenvalue weighted by molar-refractivity contribution is -0.140. The molecule has 1 atom stereocenters. The molecule has 2 N–H and O–H groups in total. The number of aromatic amines is 1. The predicted octanol–water partition coefficient (Wildman–Crippen LogP) is 3.01. The van der Waals surface area contributed by atoms with Gasteiger partial charge in [-0.25, -0.2) is 0 Å². The number of pyridine rings is 1. The van der Waals surface area contributed by atoms with Crippen molar-refractivity contribution < 1.29 is 19.2 Å². The molecule has 0 radical (unpaired) electrons. The van der Waals surface area contributed by atoms with Crippen molar-refractivity contribution in [3.05, 3.63) is 46.8 Å². The van der Waals surface area contributed by atoms with Crippen LogP contribution in [0.3, 0.4) is 0 Å². The van der Waals surface area contributed by atoms with Gasteiger partial charge in [0, 0.05) is 28.5 Å². The fourth-order valence-corrected chi connectivity index (χ4v) is 4.65. The second-order valence-electron chi connectivity index (χ2n) is 7.20. The standard InChI is InChI=1S/C20H21N3O4S/c1-11-9-21-16(12(2)17(11)27-3)10-28(26)19-22-14-5-4-13(8-15(14)23-19)20(6-7-20)18(24)25/h4-5,8-9H,6-7,10H2,1-3H3,(H,22,23)(H,24,25). The van der Waals surface area contributed by atoms with Gasteiger partial charge in [-0.15, -0.1) is 0 Å². The second kappa shape index (κ2) is 6.79. The molecule has 0 amide bonds. The molecule has 3 aromatic rings. The van der Waals surface area contributed by atoms with E-state index in [1.807, 2.05) is 19.9 Å². The van der Waals surface area contributed by atoms with Crippen molar-refractivity contribution in [2.24, 2.45) is 0 Å². The number of benzene rings is 1. The third-order valence-electron chi connectivity index (χ3n) is 5.41. The number of H-pyrrole nitrogens is 1. The molecule has 1 aliphatic carbocycles. The van der Waals surface area contributed by atoms with Crippen LogP contribution in [0.1, 0.15) is 35.2 Å². The summed E-state index contributed by atoms with van der Waals surface area (Å²) in [7, 11) is 1.61. The van der Waals surface area contributed by atoms with E-state index >= 15 is 0 Å². The van der Waals surface area contributed by atoms with Crippen molar-refractivity contribution >= 4 is 28.2 Å². The van der Waals surface area contributed by atoms with Crippen LogP contribution >= 0.6 is 0 Å². The van der Waals surface area contributed by atoms with Gasteiger partial charge in [0.15, 0.2) is 5.75 Å². The minimum Gasteiger partial charge on any atom is -0.609 e. The highest BCUT2D eigenvalue weighted by atomic mass is 32.2. The predicted molar refractivity (Wildman–Crippen MR) is 105 cm³/mol. The molecule has 4 rings (SSSR count). The minimum atomic E-state index is -1.42. The summed E-state index contributed by atoms with van der Waals surface area (Å²) in [5.74, 6) is 0.162. The number of imidazole rings is 1. The van der Waals surface area contributed by atoms with E-state index in [0.29, 0.717) is 29.2 Å². The Kier molecular flexibility index (Phi) is 4.55. The summed E-state index contributed by atoms with van der Waals surface area (Å²) in [5, 5.41) is 9.84. The summed E-state index contributed by atoms with van der Waals surface area (Å²) < 4.78 is 18.3. The van der Waals surface area contributed by atoms with Crippen molar-refractivity contribution in [1.29, 1.82) is 0 Å². The van der Waals surface area contributed by atoms with E-state index in [1.54, 1.807) is 25.4 Å². The fourth-order valence-electron chi connectivity index (χ4n) is 3.55. The molecule has 0 saturated heterocycles. The summed E-state index contributed by atoms with van der Waals surface area (Å²) in [4.78, 5) is 23.5. The molecule has 1 aromatic carbocycles. The monoisotopic (exact) mass is 399 g/mol. The molecule has 1 fully saturated rings. The molecule has 1 saturated carbocycles. The van der Waals surface area contributed by atoms with Crippen LogP contribution in [-0.2, 0) is 27.1 Å².